The van der Waals surface area contributed by atoms with Crippen LogP contribution in [0.2, 0.25) is 0 Å². The number of phosphoric ester groups is 2. The minimum absolute atomic E-state index is 0.0360. The Labute approximate surface area is 228 Å². The molecule has 2 aromatic rings. The molecule has 4 heterocycles. The van der Waals surface area contributed by atoms with Gasteiger partial charge in [-0.2, -0.15) is 4.31 Å². The van der Waals surface area contributed by atoms with Crippen LogP contribution in [-0.2, 0) is 32.0 Å². The standard InChI is InChI=1S/C18H27N5O16P2/c19-14-9-15(21-3-20-14)23(4-22-9)16-13(29)10(26)6(36-16)2-35-40(31,32)39-41(33,34)38-17-8-12(28)11(27)7(5(25)1-24)18(8,30)37-17/h3-8,10-13,16-17,24-30H,1-2H2,(H,31,32)(H,33,34)(H2,19,20,21)/t5-,6+,7?,8?,10?,11+,12?,13?,16+,17-,18?/m0/s1. The largest absolute Gasteiger partial charge is 0.483 e. The molecule has 0 amide bonds. The first-order chi connectivity index (χ1) is 19.1. The van der Waals surface area contributed by atoms with E-state index in [0.29, 0.717) is 0 Å². The molecule has 0 aromatic carbocycles. The van der Waals surface area contributed by atoms with Crippen LogP contribution in [0.1, 0.15) is 6.23 Å². The highest BCUT2D eigenvalue weighted by atomic mass is 31.3. The summed E-state index contributed by atoms with van der Waals surface area (Å²) in [5.74, 6) is -5.70. The summed E-state index contributed by atoms with van der Waals surface area (Å²) in [6, 6.07) is 0. The Morgan fingerprint density at radius 3 is 2.46 bits per heavy atom. The highest BCUT2D eigenvalue weighted by Crippen LogP contribution is 2.64. The van der Waals surface area contributed by atoms with Gasteiger partial charge in [0.15, 0.2) is 29.8 Å². The van der Waals surface area contributed by atoms with E-state index >= 15 is 0 Å². The number of aliphatic hydroxyl groups is 7. The second kappa shape index (κ2) is 10.8. The lowest BCUT2D eigenvalue weighted by Gasteiger charge is -2.49. The molecule has 2 aliphatic heterocycles. The Morgan fingerprint density at radius 1 is 1.07 bits per heavy atom. The summed E-state index contributed by atoms with van der Waals surface area (Å²) < 4.78 is 50.0. The van der Waals surface area contributed by atoms with Crippen LogP contribution in [0, 0.1) is 11.8 Å². The Balaban J connectivity index is 1.19. The van der Waals surface area contributed by atoms with E-state index in [0.717, 1.165) is 6.33 Å². The average molecular weight is 631 g/mol. The third-order valence-corrected chi connectivity index (χ3v) is 9.69. The molecule has 3 aliphatic rings. The monoisotopic (exact) mass is 631 g/mol. The van der Waals surface area contributed by atoms with Crippen LogP contribution in [0.15, 0.2) is 12.7 Å². The van der Waals surface area contributed by atoms with Crippen LogP contribution in [0.25, 0.3) is 11.2 Å². The van der Waals surface area contributed by atoms with Gasteiger partial charge in [0.2, 0.25) is 0 Å². The SMILES string of the molecule is Nc1ncnc2c1ncn2[C@@H]1O[C@H](COP(=O)(O)OP(=O)(O)O[C@@H]2OC3(O)C2C(O)[C@H](O)C3[C@@H](O)CO)C(O)C1O. The number of nitrogens with zero attached hydrogens (tertiary/aromatic N) is 4. The summed E-state index contributed by atoms with van der Waals surface area (Å²) in [5, 5.41) is 70.7. The fourth-order valence-electron chi connectivity index (χ4n) is 5.17. The van der Waals surface area contributed by atoms with E-state index in [9.17, 15) is 49.6 Å². The quantitative estimate of drug-likeness (QED) is 0.111. The fourth-order valence-corrected chi connectivity index (χ4v) is 7.32. The number of aliphatic hydroxyl groups excluding tert-OH is 6. The Hall–Kier alpha value is -1.75. The molecule has 0 bridgehead atoms. The number of nitrogens with two attached hydrogens (primary N) is 1. The summed E-state index contributed by atoms with van der Waals surface area (Å²) >= 11 is 0. The fraction of sp³-hybridized carbons (Fsp3) is 0.722. The maximum absolute atomic E-state index is 12.4. The van der Waals surface area contributed by atoms with Gasteiger partial charge in [-0.3, -0.25) is 13.6 Å². The second-order valence-corrected chi connectivity index (χ2v) is 12.6. The van der Waals surface area contributed by atoms with Gasteiger partial charge in [0.1, 0.15) is 30.2 Å². The number of phosphoric acid groups is 2. The Bertz CT molecular complexity index is 1380. The first-order valence-electron chi connectivity index (χ1n) is 11.8. The van der Waals surface area contributed by atoms with Crippen LogP contribution in [0.3, 0.4) is 0 Å². The zero-order valence-corrected chi connectivity index (χ0v) is 22.3. The average Bonchev–Trinajstić information content (AvgIpc) is 3.47. The van der Waals surface area contributed by atoms with Gasteiger partial charge in [-0.15, -0.1) is 0 Å². The Kier molecular flexibility index (Phi) is 8.05. The smallest absolute Gasteiger partial charge is 0.394 e. The van der Waals surface area contributed by atoms with E-state index < -0.39 is 95.6 Å². The number of ether oxygens (including phenoxy) is 2. The summed E-state index contributed by atoms with van der Waals surface area (Å²) in [7, 11) is -11.0. The van der Waals surface area contributed by atoms with Crippen LogP contribution in [0.4, 0.5) is 5.82 Å². The predicted molar refractivity (Wildman–Crippen MR) is 125 cm³/mol. The van der Waals surface area contributed by atoms with Crippen LogP contribution >= 0.6 is 15.6 Å². The molecule has 8 unspecified atom stereocenters. The van der Waals surface area contributed by atoms with Crippen molar-refractivity contribution in [1.82, 2.24) is 19.5 Å². The van der Waals surface area contributed by atoms with Crippen LogP contribution < -0.4 is 5.73 Å². The zero-order valence-electron chi connectivity index (χ0n) is 20.5. The summed E-state index contributed by atoms with van der Waals surface area (Å²) in [4.78, 5) is 31.7. The molecular formula is C18H27N5O16P2. The van der Waals surface area contributed by atoms with Crippen molar-refractivity contribution in [2.24, 2.45) is 11.8 Å². The molecular weight excluding hydrogens is 604 g/mol. The lowest BCUT2D eigenvalue weighted by molar-refractivity contribution is -0.427. The summed E-state index contributed by atoms with van der Waals surface area (Å²) in [5.41, 5.74) is 6.05. The van der Waals surface area contributed by atoms with E-state index in [2.05, 4.69) is 28.3 Å². The number of imidazole rings is 1. The van der Waals surface area contributed by atoms with Crippen molar-refractivity contribution in [2.75, 3.05) is 18.9 Å². The van der Waals surface area contributed by atoms with Crippen molar-refractivity contribution in [3.8, 4) is 0 Å². The molecule has 1 aliphatic carbocycles. The van der Waals surface area contributed by atoms with E-state index in [1.54, 1.807) is 0 Å². The Morgan fingerprint density at radius 2 is 1.78 bits per heavy atom. The number of nitrogen functional groups attached to an aromatic ring is 1. The lowest BCUT2D eigenvalue weighted by Crippen LogP contribution is -2.64. The molecule has 2 saturated heterocycles. The molecule has 5 rings (SSSR count). The molecule has 0 radical (unpaired) electrons. The first kappa shape index (κ1) is 30.7. The minimum Gasteiger partial charge on any atom is -0.394 e. The summed E-state index contributed by atoms with van der Waals surface area (Å²) in [6.45, 7) is -1.87. The molecule has 23 heteroatoms. The lowest BCUT2D eigenvalue weighted by atomic mass is 9.86. The third kappa shape index (κ3) is 5.31. The van der Waals surface area contributed by atoms with Gasteiger partial charge in [0, 0.05) is 0 Å². The molecule has 11 N–H and O–H groups in total. The van der Waals surface area contributed by atoms with Crippen molar-refractivity contribution >= 4 is 32.6 Å². The highest BCUT2D eigenvalue weighted by Gasteiger charge is 2.73. The van der Waals surface area contributed by atoms with Crippen molar-refractivity contribution in [3.63, 3.8) is 0 Å². The molecule has 3 fully saturated rings. The minimum atomic E-state index is -5.55. The number of anilines is 1. The molecule has 230 valence electrons. The highest BCUT2D eigenvalue weighted by molar-refractivity contribution is 7.61. The van der Waals surface area contributed by atoms with Crippen molar-refractivity contribution in [2.45, 2.75) is 54.9 Å². The van der Waals surface area contributed by atoms with Gasteiger partial charge in [-0.25, -0.2) is 24.1 Å². The first-order valence-corrected chi connectivity index (χ1v) is 14.8. The normalized spacial score (nSPS) is 40.6. The molecule has 41 heavy (non-hydrogen) atoms. The molecule has 2 aromatic heterocycles. The van der Waals surface area contributed by atoms with E-state index in [4.69, 9.17) is 20.3 Å². The van der Waals surface area contributed by atoms with Crippen molar-refractivity contribution in [1.29, 1.82) is 0 Å². The number of aromatic nitrogens is 4. The van der Waals surface area contributed by atoms with Gasteiger partial charge in [-0.05, 0) is 0 Å². The number of rotatable bonds is 10. The van der Waals surface area contributed by atoms with Gasteiger partial charge in [0.05, 0.1) is 49.7 Å². The zero-order chi connectivity index (χ0) is 30.1. The van der Waals surface area contributed by atoms with Gasteiger partial charge in [0.25, 0.3) is 0 Å². The van der Waals surface area contributed by atoms with E-state index in [1.807, 2.05) is 0 Å². The predicted octanol–water partition coefficient (Wildman–Crippen LogP) is -4.36. The summed E-state index contributed by atoms with van der Waals surface area (Å²) in [6.07, 6.45) is -11.2. The topological polar surface area (TPSA) is 332 Å². The van der Waals surface area contributed by atoms with E-state index in [1.165, 1.54) is 10.9 Å². The van der Waals surface area contributed by atoms with Crippen molar-refractivity contribution in [3.05, 3.63) is 12.7 Å². The van der Waals surface area contributed by atoms with Crippen LogP contribution in [-0.4, -0.2) is 127 Å². The van der Waals surface area contributed by atoms with Crippen LogP contribution in [0.5, 0.6) is 0 Å². The maximum atomic E-state index is 12.4. The molecule has 1 saturated carbocycles. The second-order valence-electron chi connectivity index (χ2n) is 9.57. The van der Waals surface area contributed by atoms with Crippen molar-refractivity contribution < 1.29 is 77.5 Å². The van der Waals surface area contributed by atoms with Gasteiger partial charge >= 0.3 is 15.6 Å². The molecule has 21 nitrogen and oxygen atoms in total. The number of fused-ring (bicyclic) bond motifs is 2. The molecule has 13 atom stereocenters. The van der Waals surface area contributed by atoms with E-state index in [-0.39, 0.29) is 17.0 Å². The number of hydrogen-bond acceptors (Lipinski definition) is 18. The van der Waals surface area contributed by atoms with Gasteiger partial charge in [-0.1, -0.05) is 0 Å². The third-order valence-electron chi connectivity index (χ3n) is 7.08. The molecule has 0 spiro atoms. The number of hydrogen-bond donors (Lipinski definition) is 10. The van der Waals surface area contributed by atoms with Gasteiger partial charge < -0.3 is 60.7 Å². The maximum Gasteiger partial charge on any atom is 0.483 e.